The molecule has 1 aliphatic rings. The molecule has 1 heterocycles. The Morgan fingerprint density at radius 2 is 1.76 bits per heavy atom. The first kappa shape index (κ1) is 15.0. The molecule has 0 saturated heterocycles. The minimum atomic E-state index is -0.286. The summed E-state index contributed by atoms with van der Waals surface area (Å²) < 4.78 is 12.1. The quantitative estimate of drug-likeness (QED) is 0.632. The second-order valence-corrected chi connectivity index (χ2v) is 6.59. The number of alkyl halides is 1. The van der Waals surface area contributed by atoms with E-state index in [0.29, 0.717) is 13.2 Å². The summed E-state index contributed by atoms with van der Waals surface area (Å²) >= 11 is 16.3. The monoisotopic (exact) mass is 386 g/mol. The van der Waals surface area contributed by atoms with Crippen molar-refractivity contribution in [2.45, 2.75) is 12.3 Å². The SMILES string of the molecule is Cc1cc(C(Cl)c2cc3c(cc2Br)OCCO3)ccc1Cl. The van der Waals surface area contributed by atoms with Crippen LogP contribution in [0.3, 0.4) is 0 Å². The minimum Gasteiger partial charge on any atom is -0.486 e. The molecular weight excluding hydrogens is 375 g/mol. The van der Waals surface area contributed by atoms with Crippen molar-refractivity contribution >= 4 is 39.1 Å². The van der Waals surface area contributed by atoms with Crippen LogP contribution in [0.2, 0.25) is 5.02 Å². The molecule has 0 amide bonds. The predicted molar refractivity (Wildman–Crippen MR) is 89.0 cm³/mol. The highest BCUT2D eigenvalue weighted by atomic mass is 79.9. The summed E-state index contributed by atoms with van der Waals surface area (Å²) in [5.41, 5.74) is 2.95. The van der Waals surface area contributed by atoms with Gasteiger partial charge in [-0.2, -0.15) is 0 Å². The molecule has 1 aliphatic heterocycles. The van der Waals surface area contributed by atoms with E-state index in [1.807, 2.05) is 37.3 Å². The van der Waals surface area contributed by atoms with Gasteiger partial charge in [0.2, 0.25) is 0 Å². The van der Waals surface area contributed by atoms with Crippen LogP contribution >= 0.6 is 39.1 Å². The Bertz CT molecular complexity index is 688. The molecule has 0 aromatic heterocycles. The summed E-state index contributed by atoms with van der Waals surface area (Å²) in [6.45, 7) is 3.09. The molecule has 0 aliphatic carbocycles. The maximum absolute atomic E-state index is 6.63. The van der Waals surface area contributed by atoms with Gasteiger partial charge in [-0.25, -0.2) is 0 Å². The lowest BCUT2D eigenvalue weighted by Crippen LogP contribution is -2.15. The zero-order chi connectivity index (χ0) is 15.0. The zero-order valence-corrected chi connectivity index (χ0v) is 14.4. The number of fused-ring (bicyclic) bond motifs is 1. The van der Waals surface area contributed by atoms with Gasteiger partial charge in [0.05, 0.1) is 5.38 Å². The summed E-state index contributed by atoms with van der Waals surface area (Å²) in [4.78, 5) is 0. The highest BCUT2D eigenvalue weighted by Crippen LogP contribution is 2.42. The minimum absolute atomic E-state index is 0.286. The van der Waals surface area contributed by atoms with E-state index in [9.17, 15) is 0 Å². The van der Waals surface area contributed by atoms with Gasteiger partial charge in [-0.3, -0.25) is 0 Å². The van der Waals surface area contributed by atoms with Crippen LogP contribution in [-0.2, 0) is 0 Å². The predicted octanol–water partition coefficient (Wildman–Crippen LogP) is 5.51. The van der Waals surface area contributed by atoms with Crippen LogP contribution in [0.5, 0.6) is 11.5 Å². The fourth-order valence-electron chi connectivity index (χ4n) is 2.28. The van der Waals surface area contributed by atoms with Crippen molar-refractivity contribution < 1.29 is 9.47 Å². The standard InChI is InChI=1S/C16H13BrCl2O2/c1-9-6-10(2-3-13(9)18)16(19)11-7-14-15(8-12(11)17)21-5-4-20-14/h2-3,6-8,16H,4-5H2,1H3. The fourth-order valence-corrected chi connectivity index (χ4v) is 3.40. The molecular formula is C16H13BrCl2O2. The Hall–Kier alpha value is -0.900. The summed E-state index contributed by atoms with van der Waals surface area (Å²) in [7, 11) is 0. The molecule has 0 N–H and O–H groups in total. The number of hydrogen-bond acceptors (Lipinski definition) is 2. The Kier molecular flexibility index (Phi) is 4.34. The largest absolute Gasteiger partial charge is 0.486 e. The van der Waals surface area contributed by atoms with Crippen LogP contribution < -0.4 is 9.47 Å². The molecule has 1 unspecified atom stereocenters. The fraction of sp³-hybridized carbons (Fsp3) is 0.250. The Labute approximate surface area is 142 Å². The molecule has 0 saturated carbocycles. The average molecular weight is 388 g/mol. The molecule has 21 heavy (non-hydrogen) atoms. The van der Waals surface area contributed by atoms with Crippen LogP contribution in [0, 0.1) is 6.92 Å². The Balaban J connectivity index is 2.00. The molecule has 2 aromatic carbocycles. The third kappa shape index (κ3) is 3.01. The molecule has 2 aromatic rings. The normalized spacial score (nSPS) is 14.9. The van der Waals surface area contributed by atoms with Gasteiger partial charge in [0.15, 0.2) is 11.5 Å². The van der Waals surface area contributed by atoms with Crippen molar-refractivity contribution in [2.75, 3.05) is 13.2 Å². The first-order chi connectivity index (χ1) is 10.1. The second kappa shape index (κ2) is 6.07. The van der Waals surface area contributed by atoms with Crippen molar-refractivity contribution in [3.63, 3.8) is 0 Å². The highest BCUT2D eigenvalue weighted by molar-refractivity contribution is 9.10. The van der Waals surface area contributed by atoms with Gasteiger partial charge in [0.1, 0.15) is 13.2 Å². The number of ether oxygens (including phenoxy) is 2. The summed E-state index contributed by atoms with van der Waals surface area (Å²) in [5, 5.41) is 0.454. The first-order valence-electron chi connectivity index (χ1n) is 6.55. The van der Waals surface area contributed by atoms with Crippen LogP contribution in [-0.4, -0.2) is 13.2 Å². The highest BCUT2D eigenvalue weighted by Gasteiger charge is 2.20. The van der Waals surface area contributed by atoms with Crippen molar-refractivity contribution in [1.29, 1.82) is 0 Å². The molecule has 3 rings (SSSR count). The van der Waals surface area contributed by atoms with Gasteiger partial charge >= 0.3 is 0 Å². The van der Waals surface area contributed by atoms with E-state index in [-0.39, 0.29) is 5.38 Å². The van der Waals surface area contributed by atoms with E-state index in [1.165, 1.54) is 0 Å². The van der Waals surface area contributed by atoms with Gasteiger partial charge < -0.3 is 9.47 Å². The molecule has 110 valence electrons. The van der Waals surface area contributed by atoms with Gasteiger partial charge in [-0.15, -0.1) is 11.6 Å². The maximum atomic E-state index is 6.63. The molecule has 5 heteroatoms. The van der Waals surface area contributed by atoms with E-state index in [2.05, 4.69) is 15.9 Å². The topological polar surface area (TPSA) is 18.5 Å². The molecule has 0 spiro atoms. The lowest BCUT2D eigenvalue weighted by Gasteiger charge is -2.21. The van der Waals surface area contributed by atoms with Gasteiger partial charge in [0, 0.05) is 9.50 Å². The van der Waals surface area contributed by atoms with E-state index >= 15 is 0 Å². The molecule has 1 atom stereocenters. The van der Waals surface area contributed by atoms with E-state index in [1.54, 1.807) is 0 Å². The third-order valence-electron chi connectivity index (χ3n) is 3.41. The molecule has 0 fully saturated rings. The number of halogens is 3. The number of hydrogen-bond donors (Lipinski definition) is 0. The smallest absolute Gasteiger partial charge is 0.162 e. The van der Waals surface area contributed by atoms with Crippen LogP contribution in [0.15, 0.2) is 34.8 Å². The number of benzene rings is 2. The van der Waals surface area contributed by atoms with Crippen molar-refractivity contribution in [2.24, 2.45) is 0 Å². The summed E-state index contributed by atoms with van der Waals surface area (Å²) in [6.07, 6.45) is 0. The van der Waals surface area contributed by atoms with E-state index < -0.39 is 0 Å². The average Bonchev–Trinajstić information content (AvgIpc) is 2.48. The Morgan fingerprint density at radius 1 is 1.10 bits per heavy atom. The van der Waals surface area contributed by atoms with E-state index in [0.717, 1.165) is 37.7 Å². The lowest BCUT2D eigenvalue weighted by molar-refractivity contribution is 0.171. The van der Waals surface area contributed by atoms with Gasteiger partial charge in [-0.05, 0) is 41.8 Å². The second-order valence-electron chi connectivity index (χ2n) is 4.89. The van der Waals surface area contributed by atoms with Crippen molar-refractivity contribution in [3.05, 3.63) is 56.5 Å². The van der Waals surface area contributed by atoms with Gasteiger partial charge in [-0.1, -0.05) is 39.7 Å². The third-order valence-corrected chi connectivity index (χ3v) is 5.01. The van der Waals surface area contributed by atoms with Gasteiger partial charge in [0.25, 0.3) is 0 Å². The zero-order valence-electron chi connectivity index (χ0n) is 11.3. The summed E-state index contributed by atoms with van der Waals surface area (Å²) in [6, 6.07) is 9.65. The Morgan fingerprint density at radius 3 is 2.43 bits per heavy atom. The van der Waals surface area contributed by atoms with Crippen LogP contribution in [0.4, 0.5) is 0 Å². The number of rotatable bonds is 2. The summed E-state index contributed by atoms with van der Waals surface area (Å²) in [5.74, 6) is 1.48. The maximum Gasteiger partial charge on any atom is 0.162 e. The van der Waals surface area contributed by atoms with E-state index in [4.69, 9.17) is 32.7 Å². The van der Waals surface area contributed by atoms with Crippen LogP contribution in [0.1, 0.15) is 22.1 Å². The molecule has 2 nitrogen and oxygen atoms in total. The first-order valence-corrected chi connectivity index (χ1v) is 8.16. The lowest BCUT2D eigenvalue weighted by atomic mass is 10.0. The molecule has 0 bridgehead atoms. The van der Waals surface area contributed by atoms with Crippen LogP contribution in [0.25, 0.3) is 0 Å². The van der Waals surface area contributed by atoms with Crippen molar-refractivity contribution in [1.82, 2.24) is 0 Å². The number of aryl methyl sites for hydroxylation is 1. The molecule has 0 radical (unpaired) electrons. The van der Waals surface area contributed by atoms with Crippen molar-refractivity contribution in [3.8, 4) is 11.5 Å².